The van der Waals surface area contributed by atoms with Crippen LogP contribution in [0.4, 0.5) is 10.1 Å². The number of nitrogens with one attached hydrogen (secondary N) is 1. The highest BCUT2D eigenvalue weighted by molar-refractivity contribution is 7.80. The number of hydrogen-bond donors (Lipinski definition) is 2. The molecule has 0 aliphatic heterocycles. The van der Waals surface area contributed by atoms with Crippen LogP contribution >= 0.6 is 12.2 Å². The molecule has 0 atom stereocenters. The number of nitrogens with zero attached hydrogens (tertiary/aromatic N) is 3. The summed E-state index contributed by atoms with van der Waals surface area (Å²) in [4.78, 5) is 1.66. The van der Waals surface area contributed by atoms with Crippen molar-refractivity contribution in [3.05, 3.63) is 29.1 Å². The molecule has 0 heterocycles. The van der Waals surface area contributed by atoms with Crippen molar-refractivity contribution in [2.24, 2.45) is 10.8 Å². The summed E-state index contributed by atoms with van der Waals surface area (Å²) in [6.07, 6.45) is 1.22. The van der Waals surface area contributed by atoms with Crippen molar-refractivity contribution in [2.75, 3.05) is 19.0 Å². The molecule has 0 aliphatic carbocycles. The molecule has 0 fully saturated rings. The maximum atomic E-state index is 14.0. The Morgan fingerprint density at radius 2 is 2.28 bits per heavy atom. The second-order valence-electron chi connectivity index (χ2n) is 3.60. The van der Waals surface area contributed by atoms with Gasteiger partial charge in [0.05, 0.1) is 11.9 Å². The lowest BCUT2D eigenvalue weighted by Gasteiger charge is -2.15. The van der Waals surface area contributed by atoms with Gasteiger partial charge in [-0.05, 0) is 24.4 Å². The van der Waals surface area contributed by atoms with Crippen molar-refractivity contribution < 1.29 is 4.39 Å². The molecule has 0 unspecified atom stereocenters. The Morgan fingerprint density at radius 1 is 1.61 bits per heavy atom. The number of benzene rings is 1. The second-order valence-corrected chi connectivity index (χ2v) is 4.04. The van der Waals surface area contributed by atoms with E-state index in [4.69, 9.17) is 11.0 Å². The van der Waals surface area contributed by atoms with Crippen molar-refractivity contribution in [3.8, 4) is 6.07 Å². The highest BCUT2D eigenvalue weighted by Crippen LogP contribution is 2.22. The van der Waals surface area contributed by atoms with E-state index >= 15 is 0 Å². The maximum Gasteiger partial charge on any atom is 0.184 e. The van der Waals surface area contributed by atoms with E-state index in [0.717, 1.165) is 0 Å². The Kier molecular flexibility index (Phi) is 4.57. The van der Waals surface area contributed by atoms with Crippen LogP contribution in [0.1, 0.15) is 11.1 Å². The predicted octanol–water partition coefficient (Wildman–Crippen LogP) is 0.930. The van der Waals surface area contributed by atoms with Gasteiger partial charge in [-0.1, -0.05) is 0 Å². The topological polar surface area (TPSA) is 77.4 Å². The van der Waals surface area contributed by atoms with Gasteiger partial charge in [0.2, 0.25) is 0 Å². The number of anilines is 1. The third-order valence-electron chi connectivity index (χ3n) is 2.12. The van der Waals surface area contributed by atoms with Crippen molar-refractivity contribution in [1.29, 1.82) is 5.26 Å². The summed E-state index contributed by atoms with van der Waals surface area (Å²) in [5, 5.41) is 12.6. The van der Waals surface area contributed by atoms with Crippen LogP contribution in [-0.2, 0) is 0 Å². The van der Waals surface area contributed by atoms with Gasteiger partial charge in [-0.3, -0.25) is 5.43 Å². The zero-order chi connectivity index (χ0) is 13.7. The van der Waals surface area contributed by atoms with E-state index in [9.17, 15) is 4.39 Å². The standard InChI is InChI=1S/C11H12FN5S/c1-17(2)9-4-3-7(6-15-16-11(14)18)10(12)8(9)5-13/h3-4,6H,1-2H3,(H3,14,16,18). The minimum Gasteiger partial charge on any atom is -0.377 e. The predicted molar refractivity (Wildman–Crippen MR) is 73.0 cm³/mol. The third-order valence-corrected chi connectivity index (χ3v) is 2.21. The molecule has 0 radical (unpaired) electrons. The SMILES string of the molecule is CN(C)c1ccc(C=NNC(N)=S)c(F)c1C#N. The first-order chi connectivity index (χ1) is 8.47. The van der Waals surface area contributed by atoms with Crippen molar-refractivity contribution in [1.82, 2.24) is 5.43 Å². The first-order valence-corrected chi connectivity index (χ1v) is 5.36. The van der Waals surface area contributed by atoms with Gasteiger partial charge < -0.3 is 10.6 Å². The molecule has 18 heavy (non-hydrogen) atoms. The van der Waals surface area contributed by atoms with Gasteiger partial charge in [0, 0.05) is 19.7 Å². The lowest BCUT2D eigenvalue weighted by Crippen LogP contribution is -2.24. The molecule has 1 rings (SSSR count). The maximum absolute atomic E-state index is 14.0. The zero-order valence-corrected chi connectivity index (χ0v) is 10.8. The zero-order valence-electron chi connectivity index (χ0n) is 9.94. The summed E-state index contributed by atoms with van der Waals surface area (Å²) in [5.74, 6) is -0.628. The molecular weight excluding hydrogens is 253 g/mol. The molecule has 0 amide bonds. The molecule has 94 valence electrons. The van der Waals surface area contributed by atoms with Gasteiger partial charge in [-0.15, -0.1) is 0 Å². The molecule has 0 saturated heterocycles. The summed E-state index contributed by atoms with van der Waals surface area (Å²) in [7, 11) is 3.47. The largest absolute Gasteiger partial charge is 0.377 e. The number of hydrazone groups is 1. The molecule has 3 N–H and O–H groups in total. The first-order valence-electron chi connectivity index (χ1n) is 4.95. The summed E-state index contributed by atoms with van der Waals surface area (Å²) in [6.45, 7) is 0. The van der Waals surface area contributed by atoms with E-state index in [-0.39, 0.29) is 16.2 Å². The first kappa shape index (κ1) is 13.9. The van der Waals surface area contributed by atoms with Crippen LogP contribution in [0.2, 0.25) is 0 Å². The molecule has 0 aliphatic rings. The lowest BCUT2D eigenvalue weighted by atomic mass is 10.1. The van der Waals surface area contributed by atoms with Gasteiger partial charge in [0.25, 0.3) is 0 Å². The Hall–Kier alpha value is -2.20. The average molecular weight is 265 g/mol. The number of nitriles is 1. The summed E-state index contributed by atoms with van der Waals surface area (Å²) in [5.41, 5.74) is 8.14. The highest BCUT2D eigenvalue weighted by Gasteiger charge is 2.13. The fraction of sp³-hybridized carbons (Fsp3) is 0.182. The highest BCUT2D eigenvalue weighted by atomic mass is 32.1. The lowest BCUT2D eigenvalue weighted by molar-refractivity contribution is 0.621. The Bertz CT molecular complexity index is 533. The van der Waals surface area contributed by atoms with E-state index < -0.39 is 5.82 Å². The van der Waals surface area contributed by atoms with Crippen LogP contribution in [0.3, 0.4) is 0 Å². The molecule has 0 saturated carbocycles. The van der Waals surface area contributed by atoms with Gasteiger partial charge >= 0.3 is 0 Å². The number of rotatable bonds is 3. The van der Waals surface area contributed by atoms with Crippen LogP contribution in [0.5, 0.6) is 0 Å². The molecule has 0 aromatic heterocycles. The number of hydrogen-bond acceptors (Lipinski definition) is 4. The number of nitrogens with two attached hydrogens (primary N) is 1. The summed E-state index contributed by atoms with van der Waals surface area (Å²) < 4.78 is 14.0. The van der Waals surface area contributed by atoms with Crippen molar-refractivity contribution in [3.63, 3.8) is 0 Å². The smallest absolute Gasteiger partial charge is 0.184 e. The van der Waals surface area contributed by atoms with E-state index in [1.165, 1.54) is 12.3 Å². The van der Waals surface area contributed by atoms with Gasteiger partial charge in [-0.25, -0.2) is 4.39 Å². The molecule has 5 nitrogen and oxygen atoms in total. The van der Waals surface area contributed by atoms with E-state index in [2.05, 4.69) is 22.7 Å². The van der Waals surface area contributed by atoms with Crippen LogP contribution < -0.4 is 16.1 Å². The minimum absolute atomic E-state index is 0.0166. The van der Waals surface area contributed by atoms with Crippen LogP contribution in [0.15, 0.2) is 17.2 Å². The Morgan fingerprint density at radius 3 is 2.78 bits per heavy atom. The Labute approximate surface area is 110 Å². The quantitative estimate of drug-likeness (QED) is 0.483. The Balaban J connectivity index is 3.14. The fourth-order valence-electron chi connectivity index (χ4n) is 1.33. The average Bonchev–Trinajstić information content (AvgIpc) is 2.30. The summed E-state index contributed by atoms with van der Waals surface area (Å²) in [6, 6.07) is 5.00. The van der Waals surface area contributed by atoms with Gasteiger partial charge in [-0.2, -0.15) is 10.4 Å². The van der Waals surface area contributed by atoms with E-state index in [0.29, 0.717) is 5.69 Å². The number of thiocarbonyl (C=S) groups is 1. The second kappa shape index (κ2) is 5.93. The van der Waals surface area contributed by atoms with E-state index in [1.807, 2.05) is 6.07 Å². The third kappa shape index (κ3) is 3.15. The van der Waals surface area contributed by atoms with Crippen molar-refractivity contribution >= 4 is 29.2 Å². The summed E-state index contributed by atoms with van der Waals surface area (Å²) >= 11 is 4.55. The van der Waals surface area contributed by atoms with Crippen LogP contribution in [-0.4, -0.2) is 25.4 Å². The molecule has 7 heteroatoms. The minimum atomic E-state index is -0.628. The molecular formula is C11H12FN5S. The molecule has 0 bridgehead atoms. The normalized spacial score (nSPS) is 10.1. The number of halogens is 1. The van der Waals surface area contributed by atoms with Gasteiger partial charge in [0.15, 0.2) is 10.9 Å². The van der Waals surface area contributed by atoms with Crippen LogP contribution in [0, 0.1) is 17.1 Å². The molecule has 1 aromatic rings. The monoisotopic (exact) mass is 265 g/mol. The molecule has 1 aromatic carbocycles. The van der Waals surface area contributed by atoms with Crippen molar-refractivity contribution in [2.45, 2.75) is 0 Å². The van der Waals surface area contributed by atoms with Crippen LogP contribution in [0.25, 0.3) is 0 Å². The van der Waals surface area contributed by atoms with Gasteiger partial charge in [0.1, 0.15) is 11.6 Å². The fourth-order valence-corrected chi connectivity index (χ4v) is 1.38. The molecule has 0 spiro atoms. The van der Waals surface area contributed by atoms with E-state index in [1.54, 1.807) is 25.1 Å².